The van der Waals surface area contributed by atoms with Crippen LogP contribution in [0.4, 0.5) is 10.1 Å². The molecule has 2 heterocycles. The van der Waals surface area contributed by atoms with Crippen molar-refractivity contribution in [3.05, 3.63) is 54.1 Å². The SMILES string of the molecule is Fc1ccc2c(c1)NC(=NCc1ccccn1)NS2. The van der Waals surface area contributed by atoms with E-state index in [4.69, 9.17) is 0 Å². The topological polar surface area (TPSA) is 49.3 Å². The molecule has 1 aliphatic rings. The smallest absolute Gasteiger partial charge is 0.206 e. The average Bonchev–Trinajstić information content (AvgIpc) is 2.46. The fraction of sp³-hybridized carbons (Fsp3) is 0.0769. The first kappa shape index (κ1) is 12.0. The third kappa shape index (κ3) is 2.85. The molecule has 0 amide bonds. The molecule has 0 spiro atoms. The molecule has 0 aliphatic carbocycles. The second-order valence-corrected chi connectivity index (χ2v) is 4.80. The number of pyridine rings is 1. The molecule has 2 aromatic rings. The number of guanidine groups is 1. The zero-order chi connectivity index (χ0) is 13.1. The normalized spacial score (nSPS) is 15.5. The molecule has 1 aliphatic heterocycles. The summed E-state index contributed by atoms with van der Waals surface area (Å²) in [4.78, 5) is 9.51. The number of anilines is 1. The summed E-state index contributed by atoms with van der Waals surface area (Å²) in [6, 6.07) is 10.3. The maximum absolute atomic E-state index is 13.2. The number of hydrogen-bond acceptors (Lipinski definition) is 3. The molecule has 0 bridgehead atoms. The summed E-state index contributed by atoms with van der Waals surface area (Å²) in [6.07, 6.45) is 1.73. The van der Waals surface area contributed by atoms with Gasteiger partial charge in [-0.05, 0) is 42.3 Å². The quantitative estimate of drug-likeness (QED) is 0.827. The number of nitrogens with zero attached hydrogens (tertiary/aromatic N) is 2. The van der Waals surface area contributed by atoms with Crippen molar-refractivity contribution in [2.24, 2.45) is 4.99 Å². The van der Waals surface area contributed by atoms with Crippen LogP contribution in [-0.2, 0) is 6.54 Å². The minimum atomic E-state index is -0.266. The molecule has 1 aromatic carbocycles. The van der Waals surface area contributed by atoms with Crippen LogP contribution in [0.1, 0.15) is 5.69 Å². The Labute approximate surface area is 114 Å². The Morgan fingerprint density at radius 1 is 1.26 bits per heavy atom. The molecular formula is C13H11FN4S. The van der Waals surface area contributed by atoms with E-state index in [-0.39, 0.29) is 5.82 Å². The predicted molar refractivity (Wildman–Crippen MR) is 74.4 cm³/mol. The van der Waals surface area contributed by atoms with E-state index in [9.17, 15) is 4.39 Å². The number of aliphatic imine (C=N–C) groups is 1. The summed E-state index contributed by atoms with van der Waals surface area (Å²) < 4.78 is 16.2. The number of nitrogens with one attached hydrogen (secondary N) is 2. The molecule has 0 atom stereocenters. The Kier molecular flexibility index (Phi) is 3.33. The van der Waals surface area contributed by atoms with Crippen LogP contribution in [0.2, 0.25) is 0 Å². The Morgan fingerprint density at radius 3 is 3.05 bits per heavy atom. The lowest BCUT2D eigenvalue weighted by atomic mass is 10.3. The van der Waals surface area contributed by atoms with Gasteiger partial charge in [0.1, 0.15) is 5.82 Å². The lowest BCUT2D eigenvalue weighted by Gasteiger charge is -2.20. The molecule has 0 fully saturated rings. The minimum Gasteiger partial charge on any atom is -0.324 e. The highest BCUT2D eigenvalue weighted by molar-refractivity contribution is 7.98. The van der Waals surface area contributed by atoms with Crippen molar-refractivity contribution in [2.45, 2.75) is 11.4 Å². The number of fused-ring (bicyclic) bond motifs is 1. The lowest BCUT2D eigenvalue weighted by Crippen LogP contribution is -2.29. The number of halogens is 1. The van der Waals surface area contributed by atoms with Gasteiger partial charge < -0.3 is 5.32 Å². The Morgan fingerprint density at radius 2 is 2.21 bits per heavy atom. The van der Waals surface area contributed by atoms with Gasteiger partial charge in [0.15, 0.2) is 0 Å². The van der Waals surface area contributed by atoms with Gasteiger partial charge in [0.25, 0.3) is 0 Å². The van der Waals surface area contributed by atoms with Gasteiger partial charge in [-0.25, -0.2) is 9.38 Å². The van der Waals surface area contributed by atoms with Gasteiger partial charge in [-0.1, -0.05) is 6.07 Å². The molecule has 1 aromatic heterocycles. The Bertz CT molecular complexity index is 615. The summed E-state index contributed by atoms with van der Waals surface area (Å²) in [5.74, 6) is 0.339. The number of benzene rings is 1. The van der Waals surface area contributed by atoms with Crippen molar-refractivity contribution >= 4 is 23.6 Å². The molecule has 0 unspecified atom stereocenters. The van der Waals surface area contributed by atoms with Crippen molar-refractivity contribution in [1.82, 2.24) is 9.71 Å². The fourth-order valence-electron chi connectivity index (χ4n) is 1.67. The standard InChI is InChI=1S/C13H11FN4S/c14-9-4-5-12-11(7-9)17-13(18-19-12)16-8-10-3-1-2-6-15-10/h1-7H,8H2,(H2,16,17,18). The van der Waals surface area contributed by atoms with Crippen LogP contribution in [0.3, 0.4) is 0 Å². The second kappa shape index (κ2) is 5.27. The van der Waals surface area contributed by atoms with E-state index in [0.717, 1.165) is 16.3 Å². The van der Waals surface area contributed by atoms with Gasteiger partial charge in [0.05, 0.1) is 22.8 Å². The van der Waals surface area contributed by atoms with Crippen molar-refractivity contribution in [3.8, 4) is 0 Å². The highest BCUT2D eigenvalue weighted by Gasteiger charge is 2.13. The zero-order valence-corrected chi connectivity index (χ0v) is 10.7. The second-order valence-electron chi connectivity index (χ2n) is 3.96. The van der Waals surface area contributed by atoms with Crippen molar-refractivity contribution in [1.29, 1.82) is 0 Å². The van der Waals surface area contributed by atoms with Gasteiger partial charge in [0.2, 0.25) is 5.96 Å². The highest BCUT2D eigenvalue weighted by Crippen LogP contribution is 2.29. The lowest BCUT2D eigenvalue weighted by molar-refractivity contribution is 0.627. The third-order valence-electron chi connectivity index (χ3n) is 2.58. The van der Waals surface area contributed by atoms with Crippen molar-refractivity contribution < 1.29 is 4.39 Å². The van der Waals surface area contributed by atoms with E-state index < -0.39 is 0 Å². The van der Waals surface area contributed by atoms with Crippen molar-refractivity contribution in [3.63, 3.8) is 0 Å². The van der Waals surface area contributed by atoms with Crippen LogP contribution in [0.25, 0.3) is 0 Å². The zero-order valence-electron chi connectivity index (χ0n) is 9.93. The van der Waals surface area contributed by atoms with E-state index in [0.29, 0.717) is 12.5 Å². The summed E-state index contributed by atoms with van der Waals surface area (Å²) in [7, 11) is 0. The van der Waals surface area contributed by atoms with E-state index >= 15 is 0 Å². The van der Waals surface area contributed by atoms with Crippen LogP contribution in [0, 0.1) is 5.82 Å². The predicted octanol–water partition coefficient (Wildman–Crippen LogP) is 2.80. The number of aromatic nitrogens is 1. The summed E-state index contributed by atoms with van der Waals surface area (Å²) in [6.45, 7) is 0.474. The molecule has 6 heteroatoms. The monoisotopic (exact) mass is 274 g/mol. The van der Waals surface area contributed by atoms with E-state index in [1.165, 1.54) is 24.1 Å². The fourth-order valence-corrected chi connectivity index (χ4v) is 2.35. The molecule has 19 heavy (non-hydrogen) atoms. The van der Waals surface area contributed by atoms with Crippen LogP contribution in [-0.4, -0.2) is 10.9 Å². The molecule has 96 valence electrons. The Balaban J connectivity index is 1.74. The maximum Gasteiger partial charge on any atom is 0.206 e. The van der Waals surface area contributed by atoms with E-state index in [1.54, 1.807) is 12.3 Å². The van der Waals surface area contributed by atoms with Crippen LogP contribution in [0.5, 0.6) is 0 Å². The molecule has 0 radical (unpaired) electrons. The number of hydrogen-bond donors (Lipinski definition) is 2. The van der Waals surface area contributed by atoms with Gasteiger partial charge in [-0.15, -0.1) is 0 Å². The first-order valence-electron chi connectivity index (χ1n) is 5.75. The first-order chi connectivity index (χ1) is 9.31. The Hall–Kier alpha value is -2.08. The van der Waals surface area contributed by atoms with Gasteiger partial charge in [-0.3, -0.25) is 9.71 Å². The van der Waals surface area contributed by atoms with E-state index in [2.05, 4.69) is 20.0 Å². The molecule has 0 saturated carbocycles. The maximum atomic E-state index is 13.2. The largest absolute Gasteiger partial charge is 0.324 e. The molecule has 0 saturated heterocycles. The van der Waals surface area contributed by atoms with Crippen LogP contribution >= 0.6 is 11.9 Å². The first-order valence-corrected chi connectivity index (χ1v) is 6.57. The molecule has 3 rings (SSSR count). The minimum absolute atomic E-state index is 0.266. The summed E-state index contributed by atoms with van der Waals surface area (Å²) in [5, 5.41) is 3.06. The average molecular weight is 274 g/mol. The summed E-state index contributed by atoms with van der Waals surface area (Å²) in [5.41, 5.74) is 1.61. The highest BCUT2D eigenvalue weighted by atomic mass is 32.2. The van der Waals surface area contributed by atoms with Crippen LogP contribution < -0.4 is 10.0 Å². The van der Waals surface area contributed by atoms with Gasteiger partial charge in [0, 0.05) is 6.20 Å². The molecule has 2 N–H and O–H groups in total. The van der Waals surface area contributed by atoms with Gasteiger partial charge >= 0.3 is 0 Å². The van der Waals surface area contributed by atoms with Crippen LogP contribution in [0.15, 0.2) is 52.5 Å². The van der Waals surface area contributed by atoms with Gasteiger partial charge in [-0.2, -0.15) is 0 Å². The number of rotatable bonds is 2. The third-order valence-corrected chi connectivity index (χ3v) is 3.45. The molecule has 4 nitrogen and oxygen atoms in total. The van der Waals surface area contributed by atoms with Crippen molar-refractivity contribution in [2.75, 3.05) is 5.32 Å². The van der Waals surface area contributed by atoms with E-state index in [1.807, 2.05) is 18.2 Å². The summed E-state index contributed by atoms with van der Waals surface area (Å²) >= 11 is 1.41. The molecular weight excluding hydrogens is 263 g/mol.